The topological polar surface area (TPSA) is 113 Å². The number of benzene rings is 1. The third kappa shape index (κ3) is 4.24. The molecule has 0 aliphatic rings. The van der Waals surface area contributed by atoms with Crippen LogP contribution in [0.1, 0.15) is 21.7 Å². The van der Waals surface area contributed by atoms with Gasteiger partial charge in [-0.2, -0.15) is 0 Å². The first-order chi connectivity index (χ1) is 10.8. The van der Waals surface area contributed by atoms with Gasteiger partial charge in [0, 0.05) is 17.0 Å². The maximum Gasteiger partial charge on any atom is 0.269 e. The van der Waals surface area contributed by atoms with Gasteiger partial charge in [-0.1, -0.05) is 0 Å². The lowest BCUT2D eigenvalue weighted by molar-refractivity contribution is 0.0962. The van der Waals surface area contributed by atoms with Crippen LogP contribution in [0.25, 0.3) is 0 Å². The number of hydrogen-bond donors (Lipinski definition) is 3. The van der Waals surface area contributed by atoms with Crippen LogP contribution in [-0.2, 0) is 10.0 Å². The molecule has 8 nitrogen and oxygen atoms in total. The number of hydrazine groups is 1. The number of rotatable bonds is 5. The van der Waals surface area contributed by atoms with Crippen LogP contribution >= 0.6 is 0 Å². The zero-order chi connectivity index (χ0) is 17.0. The molecule has 1 aromatic carbocycles. The van der Waals surface area contributed by atoms with E-state index in [1.165, 1.54) is 31.3 Å². The molecule has 1 heterocycles. The summed E-state index contributed by atoms with van der Waals surface area (Å²) in [6.07, 6.45) is 0. The highest BCUT2D eigenvalue weighted by molar-refractivity contribution is 7.89. The largest absolute Gasteiger partial charge is 0.269 e. The zero-order valence-corrected chi connectivity index (χ0v) is 13.7. The van der Waals surface area contributed by atoms with Crippen molar-refractivity contribution in [2.45, 2.75) is 18.7 Å². The molecule has 2 rings (SSSR count). The Morgan fingerprint density at radius 2 is 1.61 bits per heavy atom. The number of anilines is 1. The molecule has 0 atom stereocenters. The smallest absolute Gasteiger partial charge is 0.267 e. The molecule has 0 unspecified atom stereocenters. The van der Waals surface area contributed by atoms with Gasteiger partial charge in [0.15, 0.2) is 0 Å². The van der Waals surface area contributed by atoms with E-state index < -0.39 is 15.9 Å². The Bertz CT molecular complexity index is 799. The minimum Gasteiger partial charge on any atom is -0.267 e. The van der Waals surface area contributed by atoms with Crippen LogP contribution in [0.5, 0.6) is 0 Å². The van der Waals surface area contributed by atoms with Crippen molar-refractivity contribution in [3.63, 3.8) is 0 Å². The van der Waals surface area contributed by atoms with Gasteiger partial charge in [0.1, 0.15) is 0 Å². The average Bonchev–Trinajstić information content (AvgIpc) is 2.52. The lowest BCUT2D eigenvalue weighted by Crippen LogP contribution is -2.30. The highest BCUT2D eigenvalue weighted by atomic mass is 32.2. The van der Waals surface area contributed by atoms with Gasteiger partial charge in [-0.25, -0.2) is 23.1 Å². The first-order valence-corrected chi connectivity index (χ1v) is 8.22. The van der Waals surface area contributed by atoms with Crippen molar-refractivity contribution in [3.05, 3.63) is 47.3 Å². The number of aryl methyl sites for hydroxylation is 2. The molecule has 0 saturated carbocycles. The van der Waals surface area contributed by atoms with Crippen molar-refractivity contribution in [2.24, 2.45) is 0 Å². The summed E-state index contributed by atoms with van der Waals surface area (Å²) in [5.74, 6) is -0.147. The lowest BCUT2D eigenvalue weighted by atomic mass is 10.2. The predicted octanol–water partition coefficient (Wildman–Crippen LogP) is 0.758. The predicted molar refractivity (Wildman–Crippen MR) is 85.3 cm³/mol. The van der Waals surface area contributed by atoms with Crippen molar-refractivity contribution in [1.29, 1.82) is 0 Å². The van der Waals surface area contributed by atoms with Gasteiger partial charge >= 0.3 is 0 Å². The second kappa shape index (κ2) is 6.71. The van der Waals surface area contributed by atoms with E-state index in [0.29, 0.717) is 5.56 Å². The molecule has 122 valence electrons. The van der Waals surface area contributed by atoms with Crippen LogP contribution in [0.4, 0.5) is 5.95 Å². The van der Waals surface area contributed by atoms with E-state index in [4.69, 9.17) is 0 Å². The van der Waals surface area contributed by atoms with Crippen LogP contribution in [-0.4, -0.2) is 31.3 Å². The van der Waals surface area contributed by atoms with Crippen LogP contribution in [0, 0.1) is 13.8 Å². The number of nitrogens with zero attached hydrogens (tertiary/aromatic N) is 2. The number of aromatic nitrogens is 2. The monoisotopic (exact) mass is 335 g/mol. The quantitative estimate of drug-likeness (QED) is 0.695. The van der Waals surface area contributed by atoms with Gasteiger partial charge in [-0.05, 0) is 51.2 Å². The van der Waals surface area contributed by atoms with Gasteiger partial charge in [0.05, 0.1) is 4.90 Å². The molecule has 0 aliphatic carbocycles. The molecule has 1 amide bonds. The number of amides is 1. The summed E-state index contributed by atoms with van der Waals surface area (Å²) in [6, 6.07) is 7.36. The Morgan fingerprint density at radius 1 is 1.04 bits per heavy atom. The minimum atomic E-state index is -3.52. The molecular formula is C14H17N5O3S. The van der Waals surface area contributed by atoms with E-state index in [9.17, 15) is 13.2 Å². The highest BCUT2D eigenvalue weighted by Gasteiger charge is 2.12. The van der Waals surface area contributed by atoms with E-state index in [0.717, 1.165) is 11.4 Å². The first kappa shape index (κ1) is 16.8. The van der Waals surface area contributed by atoms with E-state index in [-0.39, 0.29) is 10.8 Å². The molecule has 0 spiro atoms. The molecule has 1 aromatic heterocycles. The lowest BCUT2D eigenvalue weighted by Gasteiger charge is -2.09. The Balaban J connectivity index is 2.06. The SMILES string of the molecule is CNS(=O)(=O)c1ccc(C(=O)NNc2nc(C)cc(C)n2)cc1. The van der Waals surface area contributed by atoms with Crippen LogP contribution in [0.2, 0.25) is 0 Å². The summed E-state index contributed by atoms with van der Waals surface area (Å²) in [7, 11) is -2.20. The highest BCUT2D eigenvalue weighted by Crippen LogP contribution is 2.10. The number of sulfonamides is 1. The summed E-state index contributed by atoms with van der Waals surface area (Å²) in [6.45, 7) is 3.64. The molecule has 3 N–H and O–H groups in total. The van der Waals surface area contributed by atoms with Gasteiger partial charge < -0.3 is 0 Å². The molecule has 9 heteroatoms. The van der Waals surface area contributed by atoms with Crippen molar-refractivity contribution in [1.82, 2.24) is 20.1 Å². The fraction of sp³-hybridized carbons (Fsp3) is 0.214. The van der Waals surface area contributed by atoms with E-state index in [1.54, 1.807) is 0 Å². The molecular weight excluding hydrogens is 318 g/mol. The van der Waals surface area contributed by atoms with Crippen molar-refractivity contribution < 1.29 is 13.2 Å². The summed E-state index contributed by atoms with van der Waals surface area (Å²) in [4.78, 5) is 20.4. The minimum absolute atomic E-state index is 0.0853. The van der Waals surface area contributed by atoms with Crippen molar-refractivity contribution in [3.8, 4) is 0 Å². The normalized spacial score (nSPS) is 11.1. The number of carbonyl (C=O) groups is 1. The fourth-order valence-corrected chi connectivity index (χ4v) is 2.60. The standard InChI is InChI=1S/C14H17N5O3S/c1-9-8-10(2)17-14(16-9)19-18-13(20)11-4-6-12(7-5-11)23(21,22)15-3/h4-8,15H,1-3H3,(H,18,20)(H,16,17,19). The third-order valence-corrected chi connectivity index (χ3v) is 4.40. The van der Waals surface area contributed by atoms with Gasteiger partial charge in [-0.15, -0.1) is 0 Å². The Hall–Kier alpha value is -2.52. The van der Waals surface area contributed by atoms with Gasteiger partial charge in [0.2, 0.25) is 16.0 Å². The molecule has 23 heavy (non-hydrogen) atoms. The molecule has 0 bridgehead atoms. The Morgan fingerprint density at radius 3 is 2.13 bits per heavy atom. The Kier molecular flexibility index (Phi) is 4.92. The van der Waals surface area contributed by atoms with Crippen LogP contribution in [0.3, 0.4) is 0 Å². The fourth-order valence-electron chi connectivity index (χ4n) is 1.87. The summed E-state index contributed by atoms with van der Waals surface area (Å²) in [5.41, 5.74) is 6.94. The van der Waals surface area contributed by atoms with Crippen molar-refractivity contribution in [2.75, 3.05) is 12.5 Å². The third-order valence-electron chi connectivity index (χ3n) is 2.97. The summed E-state index contributed by atoms with van der Waals surface area (Å²) in [5, 5.41) is 0. The van der Waals surface area contributed by atoms with Gasteiger partial charge in [0.25, 0.3) is 5.91 Å². The number of hydrogen-bond acceptors (Lipinski definition) is 6. The maximum atomic E-state index is 12.0. The van der Waals surface area contributed by atoms with E-state index in [1.807, 2.05) is 19.9 Å². The molecule has 0 radical (unpaired) electrons. The first-order valence-electron chi connectivity index (χ1n) is 6.74. The number of nitrogens with one attached hydrogen (secondary N) is 3. The summed E-state index contributed by atoms with van der Waals surface area (Å²) < 4.78 is 25.4. The van der Waals surface area contributed by atoms with Crippen LogP contribution < -0.4 is 15.6 Å². The van der Waals surface area contributed by atoms with E-state index >= 15 is 0 Å². The second-order valence-electron chi connectivity index (χ2n) is 4.79. The van der Waals surface area contributed by atoms with E-state index in [2.05, 4.69) is 25.5 Å². The average molecular weight is 335 g/mol. The Labute approximate surface area is 134 Å². The van der Waals surface area contributed by atoms with Gasteiger partial charge in [-0.3, -0.25) is 15.6 Å². The molecule has 2 aromatic rings. The molecule has 0 saturated heterocycles. The molecule has 0 aliphatic heterocycles. The summed E-state index contributed by atoms with van der Waals surface area (Å²) >= 11 is 0. The zero-order valence-electron chi connectivity index (χ0n) is 12.9. The molecule has 0 fully saturated rings. The number of carbonyl (C=O) groups excluding carboxylic acids is 1. The van der Waals surface area contributed by atoms with Crippen LogP contribution in [0.15, 0.2) is 35.2 Å². The van der Waals surface area contributed by atoms with Crippen molar-refractivity contribution >= 4 is 21.9 Å². The second-order valence-corrected chi connectivity index (χ2v) is 6.67. The maximum absolute atomic E-state index is 12.0.